The summed E-state index contributed by atoms with van der Waals surface area (Å²) in [6, 6.07) is 3.80. The Hall–Kier alpha value is -1.51. The standard InChI is InChI=1S/C13H20N2O/c1-4-7-14-13-10-12(5-8-15-13)16-9-6-11(2)3/h5,8,10H,2,4,6-7,9H2,1,3H3,(H,14,15). The summed E-state index contributed by atoms with van der Waals surface area (Å²) >= 11 is 0. The highest BCUT2D eigenvalue weighted by Gasteiger charge is 1.97. The second kappa shape index (κ2) is 6.88. The minimum Gasteiger partial charge on any atom is -0.493 e. The van der Waals surface area contributed by atoms with Crippen LogP contribution in [-0.2, 0) is 0 Å². The second-order valence-electron chi connectivity index (χ2n) is 3.86. The molecule has 16 heavy (non-hydrogen) atoms. The monoisotopic (exact) mass is 220 g/mol. The zero-order valence-corrected chi connectivity index (χ0v) is 10.1. The van der Waals surface area contributed by atoms with E-state index in [9.17, 15) is 0 Å². The third-order valence-electron chi connectivity index (χ3n) is 2.09. The Balaban J connectivity index is 2.43. The quantitative estimate of drug-likeness (QED) is 0.716. The van der Waals surface area contributed by atoms with E-state index in [1.807, 2.05) is 19.1 Å². The lowest BCUT2D eigenvalue weighted by Crippen LogP contribution is -2.03. The van der Waals surface area contributed by atoms with E-state index < -0.39 is 0 Å². The van der Waals surface area contributed by atoms with Crippen LogP contribution in [-0.4, -0.2) is 18.1 Å². The highest BCUT2D eigenvalue weighted by atomic mass is 16.5. The molecule has 0 radical (unpaired) electrons. The van der Waals surface area contributed by atoms with E-state index in [1.54, 1.807) is 6.20 Å². The Labute approximate surface area is 97.5 Å². The molecule has 1 rings (SSSR count). The molecule has 0 aromatic carbocycles. The van der Waals surface area contributed by atoms with Crippen molar-refractivity contribution in [3.63, 3.8) is 0 Å². The second-order valence-corrected chi connectivity index (χ2v) is 3.86. The molecule has 0 aliphatic carbocycles. The first-order valence-corrected chi connectivity index (χ1v) is 5.69. The van der Waals surface area contributed by atoms with Crippen molar-refractivity contribution in [2.75, 3.05) is 18.5 Å². The molecule has 0 bridgehead atoms. The zero-order valence-electron chi connectivity index (χ0n) is 10.1. The van der Waals surface area contributed by atoms with Crippen LogP contribution in [0.2, 0.25) is 0 Å². The van der Waals surface area contributed by atoms with Crippen molar-refractivity contribution in [3.8, 4) is 5.75 Å². The molecule has 0 fully saturated rings. The van der Waals surface area contributed by atoms with E-state index in [-0.39, 0.29) is 0 Å². The highest BCUT2D eigenvalue weighted by Crippen LogP contribution is 2.15. The van der Waals surface area contributed by atoms with E-state index in [2.05, 4.69) is 23.8 Å². The molecule has 0 atom stereocenters. The van der Waals surface area contributed by atoms with Gasteiger partial charge in [-0.1, -0.05) is 12.5 Å². The number of rotatable bonds is 7. The Morgan fingerprint density at radius 2 is 2.38 bits per heavy atom. The fraction of sp³-hybridized carbons (Fsp3) is 0.462. The fourth-order valence-corrected chi connectivity index (χ4v) is 1.19. The molecule has 1 aromatic rings. The van der Waals surface area contributed by atoms with Crippen LogP contribution < -0.4 is 10.1 Å². The lowest BCUT2D eigenvalue weighted by molar-refractivity contribution is 0.321. The molecule has 3 nitrogen and oxygen atoms in total. The van der Waals surface area contributed by atoms with E-state index in [1.165, 1.54) is 0 Å². The van der Waals surface area contributed by atoms with Gasteiger partial charge in [0.25, 0.3) is 0 Å². The van der Waals surface area contributed by atoms with Crippen LogP contribution in [0.3, 0.4) is 0 Å². The van der Waals surface area contributed by atoms with Gasteiger partial charge in [0.1, 0.15) is 11.6 Å². The molecule has 1 aromatic heterocycles. The van der Waals surface area contributed by atoms with Gasteiger partial charge < -0.3 is 10.1 Å². The number of ether oxygens (including phenoxy) is 1. The van der Waals surface area contributed by atoms with Gasteiger partial charge in [-0.05, 0) is 19.4 Å². The van der Waals surface area contributed by atoms with Gasteiger partial charge in [-0.25, -0.2) is 4.98 Å². The minimum atomic E-state index is 0.673. The molecule has 3 heteroatoms. The number of aromatic nitrogens is 1. The number of hydrogen-bond donors (Lipinski definition) is 1. The molecule has 0 amide bonds. The maximum atomic E-state index is 5.60. The first-order valence-electron chi connectivity index (χ1n) is 5.69. The molecule has 0 spiro atoms. The lowest BCUT2D eigenvalue weighted by Gasteiger charge is -2.08. The van der Waals surface area contributed by atoms with E-state index in [4.69, 9.17) is 4.74 Å². The summed E-state index contributed by atoms with van der Waals surface area (Å²) in [7, 11) is 0. The Morgan fingerprint density at radius 3 is 3.06 bits per heavy atom. The summed E-state index contributed by atoms with van der Waals surface area (Å²) in [6.45, 7) is 9.57. The van der Waals surface area contributed by atoms with Crippen molar-refractivity contribution in [2.24, 2.45) is 0 Å². The summed E-state index contributed by atoms with van der Waals surface area (Å²) in [4.78, 5) is 4.21. The molecule has 0 saturated carbocycles. The molecule has 1 N–H and O–H groups in total. The largest absolute Gasteiger partial charge is 0.493 e. The molecule has 88 valence electrons. The van der Waals surface area contributed by atoms with Crippen molar-refractivity contribution in [3.05, 3.63) is 30.5 Å². The topological polar surface area (TPSA) is 34.1 Å². The third kappa shape index (κ3) is 4.82. The molecule has 0 saturated heterocycles. The smallest absolute Gasteiger partial charge is 0.129 e. The average Bonchev–Trinajstić information content (AvgIpc) is 2.26. The van der Waals surface area contributed by atoms with E-state index in [0.29, 0.717) is 6.61 Å². The van der Waals surface area contributed by atoms with Gasteiger partial charge in [-0.15, -0.1) is 6.58 Å². The predicted octanol–water partition coefficient (Wildman–Crippen LogP) is 3.25. The number of pyridine rings is 1. The van der Waals surface area contributed by atoms with Gasteiger partial charge in [0, 0.05) is 25.2 Å². The van der Waals surface area contributed by atoms with E-state index in [0.717, 1.165) is 36.5 Å². The highest BCUT2D eigenvalue weighted by molar-refractivity contribution is 5.40. The summed E-state index contributed by atoms with van der Waals surface area (Å²) in [5, 5.41) is 3.23. The molecule has 0 aliphatic heterocycles. The summed E-state index contributed by atoms with van der Waals surface area (Å²) < 4.78 is 5.60. The average molecular weight is 220 g/mol. The molecular weight excluding hydrogens is 200 g/mol. The van der Waals surface area contributed by atoms with Crippen molar-refractivity contribution >= 4 is 5.82 Å². The van der Waals surface area contributed by atoms with Gasteiger partial charge in [0.05, 0.1) is 6.61 Å². The fourth-order valence-electron chi connectivity index (χ4n) is 1.19. The Kier molecular flexibility index (Phi) is 5.40. The SMILES string of the molecule is C=C(C)CCOc1ccnc(NCCC)c1. The lowest BCUT2D eigenvalue weighted by atomic mass is 10.3. The van der Waals surface area contributed by atoms with Gasteiger partial charge >= 0.3 is 0 Å². The van der Waals surface area contributed by atoms with Crippen LogP contribution in [0.4, 0.5) is 5.82 Å². The maximum absolute atomic E-state index is 5.60. The summed E-state index contributed by atoms with van der Waals surface area (Å²) in [5.41, 5.74) is 1.14. The first kappa shape index (κ1) is 12.6. The van der Waals surface area contributed by atoms with Gasteiger partial charge in [0.15, 0.2) is 0 Å². The van der Waals surface area contributed by atoms with Gasteiger partial charge in [-0.3, -0.25) is 0 Å². The van der Waals surface area contributed by atoms with Gasteiger partial charge in [-0.2, -0.15) is 0 Å². The molecular formula is C13H20N2O. The van der Waals surface area contributed by atoms with Crippen molar-refractivity contribution < 1.29 is 4.74 Å². The Bertz CT molecular complexity index is 336. The van der Waals surface area contributed by atoms with Crippen molar-refractivity contribution in [1.82, 2.24) is 4.98 Å². The minimum absolute atomic E-state index is 0.673. The van der Waals surface area contributed by atoms with E-state index >= 15 is 0 Å². The summed E-state index contributed by atoms with van der Waals surface area (Å²) in [5.74, 6) is 1.73. The third-order valence-corrected chi connectivity index (χ3v) is 2.09. The molecule has 0 aliphatic rings. The number of nitrogens with one attached hydrogen (secondary N) is 1. The molecule has 1 heterocycles. The van der Waals surface area contributed by atoms with Crippen LogP contribution in [0.1, 0.15) is 26.7 Å². The van der Waals surface area contributed by atoms with Crippen LogP contribution in [0.5, 0.6) is 5.75 Å². The number of hydrogen-bond acceptors (Lipinski definition) is 3. The normalized spacial score (nSPS) is 9.88. The number of nitrogens with zero attached hydrogens (tertiary/aromatic N) is 1. The first-order chi connectivity index (χ1) is 7.72. The molecule has 0 unspecified atom stereocenters. The van der Waals surface area contributed by atoms with Gasteiger partial charge in [0.2, 0.25) is 0 Å². The zero-order chi connectivity index (χ0) is 11.8. The van der Waals surface area contributed by atoms with Crippen LogP contribution in [0, 0.1) is 0 Å². The Morgan fingerprint density at radius 1 is 1.56 bits per heavy atom. The van der Waals surface area contributed by atoms with Crippen LogP contribution >= 0.6 is 0 Å². The maximum Gasteiger partial charge on any atom is 0.129 e. The summed E-state index contributed by atoms with van der Waals surface area (Å²) in [6.07, 6.45) is 3.73. The predicted molar refractivity (Wildman–Crippen MR) is 67.9 cm³/mol. The van der Waals surface area contributed by atoms with Crippen molar-refractivity contribution in [2.45, 2.75) is 26.7 Å². The van der Waals surface area contributed by atoms with Crippen molar-refractivity contribution in [1.29, 1.82) is 0 Å². The van der Waals surface area contributed by atoms with Crippen LogP contribution in [0.15, 0.2) is 30.5 Å². The van der Waals surface area contributed by atoms with Crippen LogP contribution in [0.25, 0.3) is 0 Å². The number of anilines is 1.